The van der Waals surface area contributed by atoms with Crippen LogP contribution in [0.2, 0.25) is 5.02 Å². The van der Waals surface area contributed by atoms with Crippen LogP contribution in [0.1, 0.15) is 31.2 Å². The number of benzene rings is 1. The Balaban J connectivity index is 2.12. The molecule has 3 N–H and O–H groups in total. The summed E-state index contributed by atoms with van der Waals surface area (Å²) in [6, 6.07) is 5.18. The van der Waals surface area contributed by atoms with Crippen molar-refractivity contribution >= 4 is 23.3 Å². The molecule has 0 bridgehead atoms. The molecule has 112 valence electrons. The maximum Gasteiger partial charge on any atom is 0.321 e. The second-order valence-corrected chi connectivity index (χ2v) is 5.46. The Hall–Kier alpha value is -1.70. The Morgan fingerprint density at radius 2 is 2.00 bits per heavy atom. The first-order valence-electron chi connectivity index (χ1n) is 7.25. The third-order valence-electron chi connectivity index (χ3n) is 3.44. The van der Waals surface area contributed by atoms with Crippen LogP contribution in [0.4, 0.5) is 10.5 Å². The van der Waals surface area contributed by atoms with Crippen LogP contribution in [0.5, 0.6) is 0 Å². The zero-order chi connectivity index (χ0) is 15.1. The lowest BCUT2D eigenvalue weighted by Crippen LogP contribution is -2.35. The van der Waals surface area contributed by atoms with Crippen LogP contribution in [-0.4, -0.2) is 30.6 Å². The highest BCUT2D eigenvalue weighted by Gasteiger charge is 2.16. The highest BCUT2D eigenvalue weighted by Crippen LogP contribution is 2.21. The summed E-state index contributed by atoms with van der Waals surface area (Å²) in [5.74, 6) is 5.73. The molecule has 21 heavy (non-hydrogen) atoms. The van der Waals surface area contributed by atoms with E-state index in [1.165, 1.54) is 12.8 Å². The van der Waals surface area contributed by atoms with Crippen molar-refractivity contribution in [3.8, 4) is 11.8 Å². The average molecular weight is 306 g/mol. The standard InChI is InChI=1S/C16H20ClN3O/c17-14-7-8-15(13(12-14)6-5-9-18)19-16(21)20-10-3-1-2-4-11-20/h7-8,12H,1-4,9-11,18H2,(H,19,21). The van der Waals surface area contributed by atoms with E-state index in [0.717, 1.165) is 25.9 Å². The molecule has 0 spiro atoms. The second-order valence-electron chi connectivity index (χ2n) is 5.03. The van der Waals surface area contributed by atoms with E-state index in [0.29, 0.717) is 16.3 Å². The van der Waals surface area contributed by atoms with E-state index in [9.17, 15) is 4.79 Å². The number of anilines is 1. The zero-order valence-electron chi connectivity index (χ0n) is 12.0. The van der Waals surface area contributed by atoms with Crippen molar-refractivity contribution in [1.29, 1.82) is 0 Å². The maximum atomic E-state index is 12.3. The van der Waals surface area contributed by atoms with E-state index in [-0.39, 0.29) is 12.6 Å². The van der Waals surface area contributed by atoms with Gasteiger partial charge in [-0.05, 0) is 31.0 Å². The molecule has 1 aromatic rings. The van der Waals surface area contributed by atoms with E-state index in [4.69, 9.17) is 17.3 Å². The average Bonchev–Trinajstić information content (AvgIpc) is 2.76. The summed E-state index contributed by atoms with van der Waals surface area (Å²) in [4.78, 5) is 14.2. The molecule has 0 aromatic heterocycles. The van der Waals surface area contributed by atoms with Crippen LogP contribution in [0.25, 0.3) is 0 Å². The predicted octanol–water partition coefficient (Wildman–Crippen LogP) is 3.06. The third kappa shape index (κ3) is 4.66. The van der Waals surface area contributed by atoms with Crippen LogP contribution < -0.4 is 11.1 Å². The van der Waals surface area contributed by atoms with Crippen LogP contribution >= 0.6 is 11.6 Å². The smallest absolute Gasteiger partial charge is 0.321 e. The number of hydrogen-bond acceptors (Lipinski definition) is 2. The van der Waals surface area contributed by atoms with Crippen LogP contribution in [0, 0.1) is 11.8 Å². The van der Waals surface area contributed by atoms with Gasteiger partial charge in [0.2, 0.25) is 0 Å². The van der Waals surface area contributed by atoms with Crippen molar-refractivity contribution in [1.82, 2.24) is 4.90 Å². The quantitative estimate of drug-likeness (QED) is 0.783. The molecular formula is C16H20ClN3O. The fraction of sp³-hybridized carbons (Fsp3) is 0.438. The van der Waals surface area contributed by atoms with Gasteiger partial charge in [0.25, 0.3) is 0 Å². The Bertz CT molecular complexity index is 554. The number of halogens is 1. The van der Waals surface area contributed by atoms with Gasteiger partial charge in [0.15, 0.2) is 0 Å². The Kier molecular flexibility index (Phi) is 5.91. The topological polar surface area (TPSA) is 58.4 Å². The molecule has 0 aliphatic carbocycles. The van der Waals surface area contributed by atoms with Crippen LogP contribution in [0.3, 0.4) is 0 Å². The summed E-state index contributed by atoms with van der Waals surface area (Å²) in [5.41, 5.74) is 6.76. The molecule has 1 aliphatic heterocycles. The van der Waals surface area contributed by atoms with Gasteiger partial charge in [0.05, 0.1) is 12.2 Å². The number of nitrogens with one attached hydrogen (secondary N) is 1. The van der Waals surface area contributed by atoms with Gasteiger partial charge in [-0.3, -0.25) is 0 Å². The molecule has 1 heterocycles. The molecule has 1 aliphatic rings. The molecule has 0 radical (unpaired) electrons. The number of carbonyl (C=O) groups is 1. The van der Waals surface area contributed by atoms with Crippen LogP contribution in [0.15, 0.2) is 18.2 Å². The number of hydrogen-bond donors (Lipinski definition) is 2. The zero-order valence-corrected chi connectivity index (χ0v) is 12.7. The fourth-order valence-electron chi connectivity index (χ4n) is 2.34. The first-order chi connectivity index (χ1) is 10.2. The molecule has 0 saturated carbocycles. The SMILES string of the molecule is NCC#Cc1cc(Cl)ccc1NC(=O)N1CCCCCC1. The van der Waals surface area contributed by atoms with Gasteiger partial charge in [-0.25, -0.2) is 4.79 Å². The highest BCUT2D eigenvalue weighted by atomic mass is 35.5. The number of nitrogens with zero attached hydrogens (tertiary/aromatic N) is 1. The number of rotatable bonds is 1. The summed E-state index contributed by atoms with van der Waals surface area (Å²) >= 11 is 5.98. The molecule has 1 aromatic carbocycles. The molecule has 5 heteroatoms. The van der Waals surface area contributed by atoms with Crippen molar-refractivity contribution < 1.29 is 4.79 Å². The molecule has 0 atom stereocenters. The summed E-state index contributed by atoms with van der Waals surface area (Å²) in [7, 11) is 0. The molecule has 2 amide bonds. The largest absolute Gasteiger partial charge is 0.325 e. The summed E-state index contributed by atoms with van der Waals surface area (Å²) < 4.78 is 0. The van der Waals surface area contributed by atoms with E-state index in [2.05, 4.69) is 17.2 Å². The molecule has 2 rings (SSSR count). The Labute approximate surface area is 130 Å². The van der Waals surface area contributed by atoms with Gasteiger partial charge < -0.3 is 16.0 Å². The molecule has 4 nitrogen and oxygen atoms in total. The number of nitrogens with two attached hydrogens (primary N) is 1. The highest BCUT2D eigenvalue weighted by molar-refractivity contribution is 6.30. The lowest BCUT2D eigenvalue weighted by Gasteiger charge is -2.21. The maximum absolute atomic E-state index is 12.3. The van der Waals surface area contributed by atoms with Crippen molar-refractivity contribution in [2.75, 3.05) is 25.0 Å². The van der Waals surface area contributed by atoms with Crippen molar-refractivity contribution in [2.24, 2.45) is 5.73 Å². The lowest BCUT2D eigenvalue weighted by atomic mass is 10.2. The lowest BCUT2D eigenvalue weighted by molar-refractivity contribution is 0.214. The van der Waals surface area contributed by atoms with Crippen molar-refractivity contribution in [3.05, 3.63) is 28.8 Å². The number of carbonyl (C=O) groups excluding carboxylic acids is 1. The number of amides is 2. The van der Waals surface area contributed by atoms with Gasteiger partial charge in [-0.15, -0.1) is 0 Å². The molecule has 1 saturated heterocycles. The van der Waals surface area contributed by atoms with Gasteiger partial charge in [-0.1, -0.05) is 36.3 Å². The van der Waals surface area contributed by atoms with Gasteiger partial charge in [0, 0.05) is 23.7 Å². The summed E-state index contributed by atoms with van der Waals surface area (Å²) in [6.45, 7) is 1.89. The van der Waals surface area contributed by atoms with E-state index in [1.54, 1.807) is 18.2 Å². The minimum atomic E-state index is -0.0741. The van der Waals surface area contributed by atoms with Crippen molar-refractivity contribution in [2.45, 2.75) is 25.7 Å². The second kappa shape index (κ2) is 7.92. The Morgan fingerprint density at radius 1 is 1.29 bits per heavy atom. The van der Waals surface area contributed by atoms with E-state index in [1.807, 2.05) is 4.90 Å². The molecular weight excluding hydrogens is 286 g/mol. The summed E-state index contributed by atoms with van der Waals surface area (Å²) in [6.07, 6.45) is 4.51. The number of urea groups is 1. The first kappa shape index (κ1) is 15.7. The van der Waals surface area contributed by atoms with E-state index >= 15 is 0 Å². The minimum Gasteiger partial charge on any atom is -0.325 e. The third-order valence-corrected chi connectivity index (χ3v) is 3.68. The molecule has 0 unspecified atom stereocenters. The normalized spacial score (nSPS) is 14.9. The van der Waals surface area contributed by atoms with Gasteiger partial charge in [0.1, 0.15) is 0 Å². The minimum absolute atomic E-state index is 0.0741. The van der Waals surface area contributed by atoms with Crippen LogP contribution in [-0.2, 0) is 0 Å². The predicted molar refractivity (Wildman–Crippen MR) is 86.4 cm³/mol. The Morgan fingerprint density at radius 3 is 2.67 bits per heavy atom. The van der Waals surface area contributed by atoms with Gasteiger partial charge in [-0.2, -0.15) is 0 Å². The summed E-state index contributed by atoms with van der Waals surface area (Å²) in [5, 5.41) is 3.52. The number of likely N-dealkylation sites (tertiary alicyclic amines) is 1. The van der Waals surface area contributed by atoms with E-state index < -0.39 is 0 Å². The van der Waals surface area contributed by atoms with Gasteiger partial charge >= 0.3 is 6.03 Å². The first-order valence-corrected chi connectivity index (χ1v) is 7.63. The monoisotopic (exact) mass is 305 g/mol. The fourth-order valence-corrected chi connectivity index (χ4v) is 2.52. The van der Waals surface area contributed by atoms with Crippen molar-refractivity contribution in [3.63, 3.8) is 0 Å². The molecule has 1 fully saturated rings.